The van der Waals surface area contributed by atoms with Crippen molar-refractivity contribution in [1.82, 2.24) is 0 Å². The van der Waals surface area contributed by atoms with Crippen LogP contribution < -0.4 is 0 Å². The molecule has 0 amide bonds. The Morgan fingerprint density at radius 2 is 2.13 bits per heavy atom. The van der Waals surface area contributed by atoms with Crippen LogP contribution in [0, 0.1) is 10.1 Å². The van der Waals surface area contributed by atoms with Crippen LogP contribution in [0.5, 0.6) is 0 Å². The zero-order valence-electron chi connectivity index (χ0n) is 8.67. The van der Waals surface area contributed by atoms with Crippen LogP contribution in [0.25, 0.3) is 0 Å². The predicted molar refractivity (Wildman–Crippen MR) is 67.2 cm³/mol. The summed E-state index contributed by atoms with van der Waals surface area (Å²) in [6.45, 7) is 4.07. The van der Waals surface area contributed by atoms with E-state index >= 15 is 0 Å². The summed E-state index contributed by atoms with van der Waals surface area (Å²) in [6.07, 6.45) is 0. The molecule has 1 aromatic carbocycles. The van der Waals surface area contributed by atoms with E-state index < -0.39 is 0 Å². The van der Waals surface area contributed by atoms with Crippen LogP contribution in [0.15, 0.2) is 24.3 Å². The smallest absolute Gasteiger partial charge is 0.258 e. The van der Waals surface area contributed by atoms with Gasteiger partial charge in [-0.2, -0.15) is 0 Å². The van der Waals surface area contributed by atoms with E-state index in [2.05, 4.69) is 6.92 Å². The predicted octanol–water partition coefficient (Wildman–Crippen LogP) is 4.06. The van der Waals surface area contributed by atoms with Gasteiger partial charge in [-0.25, -0.2) is 0 Å². The summed E-state index contributed by atoms with van der Waals surface area (Å²) >= 11 is 0. The van der Waals surface area contributed by atoms with Crippen molar-refractivity contribution in [2.45, 2.75) is 19.1 Å². The summed E-state index contributed by atoms with van der Waals surface area (Å²) in [5.41, 5.74) is 1.02. The Morgan fingerprint density at radius 3 is 2.73 bits per heavy atom. The lowest BCUT2D eigenvalue weighted by Gasteiger charge is -2.10. The number of benzene rings is 1. The lowest BCUT2D eigenvalue weighted by atomic mass is 10.1. The number of rotatable bonds is 5. The molecule has 82 valence electrons. The molecule has 0 heterocycles. The first-order valence-electron chi connectivity index (χ1n) is 4.68. The largest absolute Gasteiger partial charge is 0.273 e. The molecule has 1 atom stereocenters. The second kappa shape index (κ2) is 6.02. The molecular formula is C10H13NO2S2. The molecule has 5 heteroatoms. The quantitative estimate of drug-likeness (QED) is 0.444. The van der Waals surface area contributed by atoms with E-state index in [9.17, 15) is 10.1 Å². The van der Waals surface area contributed by atoms with Crippen molar-refractivity contribution in [3.63, 3.8) is 0 Å². The Morgan fingerprint density at radius 1 is 1.47 bits per heavy atom. The Bertz CT molecular complexity index is 344. The average Bonchev–Trinajstić information content (AvgIpc) is 2.25. The zero-order valence-corrected chi connectivity index (χ0v) is 10.3. The van der Waals surface area contributed by atoms with Crippen molar-refractivity contribution in [3.05, 3.63) is 39.9 Å². The Labute approximate surface area is 97.2 Å². The molecule has 3 nitrogen and oxygen atoms in total. The second-order valence-corrected chi connectivity index (χ2v) is 5.96. The van der Waals surface area contributed by atoms with Crippen LogP contribution >= 0.6 is 21.6 Å². The Kier molecular flexibility index (Phi) is 4.98. The Hall–Kier alpha value is -0.680. The SMILES string of the molecule is CCSSC(C)c1ccccc1[N+](=O)[O-]. The van der Waals surface area contributed by atoms with E-state index in [4.69, 9.17) is 0 Å². The van der Waals surface area contributed by atoms with Gasteiger partial charge in [0.05, 0.1) is 4.92 Å². The molecule has 0 aliphatic rings. The van der Waals surface area contributed by atoms with E-state index in [1.165, 1.54) is 0 Å². The first-order chi connectivity index (χ1) is 7.16. The molecule has 1 rings (SSSR count). The van der Waals surface area contributed by atoms with E-state index in [0.29, 0.717) is 0 Å². The third kappa shape index (κ3) is 3.43. The maximum Gasteiger partial charge on any atom is 0.273 e. The summed E-state index contributed by atoms with van der Waals surface area (Å²) < 4.78 is 0. The number of nitro groups is 1. The normalized spacial score (nSPS) is 12.4. The van der Waals surface area contributed by atoms with Gasteiger partial charge in [-0.3, -0.25) is 10.1 Å². The summed E-state index contributed by atoms with van der Waals surface area (Å²) in [5, 5.41) is 10.9. The van der Waals surface area contributed by atoms with Gasteiger partial charge < -0.3 is 0 Å². The van der Waals surface area contributed by atoms with Crippen LogP contribution in [0.1, 0.15) is 24.7 Å². The van der Waals surface area contributed by atoms with Gasteiger partial charge in [0.1, 0.15) is 0 Å². The van der Waals surface area contributed by atoms with Gasteiger partial charge in [-0.05, 0) is 6.92 Å². The number of nitro benzene ring substituents is 1. The molecule has 0 N–H and O–H groups in total. The van der Waals surface area contributed by atoms with Crippen LogP contribution in [-0.2, 0) is 0 Å². The molecular weight excluding hydrogens is 230 g/mol. The minimum Gasteiger partial charge on any atom is -0.258 e. The van der Waals surface area contributed by atoms with Crippen LogP contribution in [0.4, 0.5) is 5.69 Å². The summed E-state index contributed by atoms with van der Waals surface area (Å²) in [4.78, 5) is 10.5. The van der Waals surface area contributed by atoms with E-state index in [1.54, 1.807) is 33.7 Å². The van der Waals surface area contributed by atoms with Gasteiger partial charge in [-0.15, -0.1) is 0 Å². The topological polar surface area (TPSA) is 43.1 Å². The van der Waals surface area contributed by atoms with E-state index in [1.807, 2.05) is 19.1 Å². The highest BCUT2D eigenvalue weighted by molar-refractivity contribution is 8.76. The fourth-order valence-corrected chi connectivity index (χ4v) is 3.19. The monoisotopic (exact) mass is 243 g/mol. The summed E-state index contributed by atoms with van der Waals surface area (Å²) in [7, 11) is 3.40. The lowest BCUT2D eigenvalue weighted by Crippen LogP contribution is -1.96. The van der Waals surface area contributed by atoms with Crippen LogP contribution in [0.3, 0.4) is 0 Å². The molecule has 0 saturated carbocycles. The maximum atomic E-state index is 10.8. The molecule has 1 aromatic rings. The minimum atomic E-state index is -0.316. The lowest BCUT2D eigenvalue weighted by molar-refractivity contribution is -0.385. The molecule has 0 bridgehead atoms. The molecule has 1 unspecified atom stereocenters. The van der Waals surface area contributed by atoms with Gasteiger partial charge in [0.15, 0.2) is 0 Å². The van der Waals surface area contributed by atoms with Crippen molar-refractivity contribution in [2.75, 3.05) is 5.75 Å². The number of hydrogen-bond donors (Lipinski definition) is 0. The molecule has 0 aliphatic carbocycles. The number of para-hydroxylation sites is 1. The molecule has 0 aliphatic heterocycles. The average molecular weight is 243 g/mol. The molecule has 0 saturated heterocycles. The van der Waals surface area contributed by atoms with Crippen molar-refractivity contribution in [1.29, 1.82) is 0 Å². The maximum absolute atomic E-state index is 10.8. The Balaban J connectivity index is 2.87. The van der Waals surface area contributed by atoms with E-state index in [-0.39, 0.29) is 15.9 Å². The molecule has 15 heavy (non-hydrogen) atoms. The van der Waals surface area contributed by atoms with Gasteiger partial charge in [0.2, 0.25) is 0 Å². The second-order valence-electron chi connectivity index (χ2n) is 2.96. The number of nitrogens with zero attached hydrogens (tertiary/aromatic N) is 1. The summed E-state index contributed by atoms with van der Waals surface area (Å²) in [6, 6.07) is 6.93. The first kappa shape index (κ1) is 12.4. The minimum absolute atomic E-state index is 0.150. The number of hydrogen-bond acceptors (Lipinski definition) is 4. The fraction of sp³-hybridized carbons (Fsp3) is 0.400. The van der Waals surface area contributed by atoms with Crippen molar-refractivity contribution >= 4 is 27.3 Å². The highest BCUT2D eigenvalue weighted by atomic mass is 33.1. The van der Waals surface area contributed by atoms with Crippen LogP contribution in [-0.4, -0.2) is 10.7 Å². The van der Waals surface area contributed by atoms with Crippen LogP contribution in [0.2, 0.25) is 0 Å². The highest BCUT2D eigenvalue weighted by Crippen LogP contribution is 2.40. The summed E-state index contributed by atoms with van der Waals surface area (Å²) in [5.74, 6) is 1.01. The van der Waals surface area contributed by atoms with E-state index in [0.717, 1.165) is 11.3 Å². The third-order valence-electron chi connectivity index (χ3n) is 1.90. The molecule has 0 radical (unpaired) electrons. The third-order valence-corrected chi connectivity index (χ3v) is 4.80. The molecule has 0 fully saturated rings. The van der Waals surface area contributed by atoms with Crippen molar-refractivity contribution in [3.8, 4) is 0 Å². The van der Waals surface area contributed by atoms with Gasteiger partial charge in [0.25, 0.3) is 5.69 Å². The standard InChI is InChI=1S/C10H13NO2S2/c1-3-14-15-8(2)9-6-4-5-7-10(9)11(12)13/h4-8H,3H2,1-2H3. The molecule has 0 aromatic heterocycles. The zero-order chi connectivity index (χ0) is 11.3. The van der Waals surface area contributed by atoms with Gasteiger partial charge >= 0.3 is 0 Å². The molecule has 0 spiro atoms. The fourth-order valence-electron chi connectivity index (χ4n) is 1.22. The van der Waals surface area contributed by atoms with Gasteiger partial charge in [-0.1, -0.05) is 46.7 Å². The first-order valence-corrected chi connectivity index (χ1v) is 7.06. The van der Waals surface area contributed by atoms with Crippen molar-refractivity contribution in [2.24, 2.45) is 0 Å². The highest BCUT2D eigenvalue weighted by Gasteiger charge is 2.18. The van der Waals surface area contributed by atoms with Gasteiger partial charge in [0, 0.05) is 22.6 Å². The van der Waals surface area contributed by atoms with Crippen molar-refractivity contribution < 1.29 is 4.92 Å².